The molecule has 1 amide bonds. The van der Waals surface area contributed by atoms with Crippen LogP contribution in [0, 0.1) is 0 Å². The first-order chi connectivity index (χ1) is 16.0. The summed E-state index contributed by atoms with van der Waals surface area (Å²) in [5.41, 5.74) is -0.111. The van der Waals surface area contributed by atoms with Gasteiger partial charge < -0.3 is 14.4 Å². The number of nitrogens with zero attached hydrogens (tertiary/aromatic N) is 1. The highest BCUT2D eigenvalue weighted by Crippen LogP contribution is 2.34. The average Bonchev–Trinajstić information content (AvgIpc) is 3.11. The van der Waals surface area contributed by atoms with Crippen molar-refractivity contribution in [3.05, 3.63) is 58.1 Å². The van der Waals surface area contributed by atoms with E-state index in [0.29, 0.717) is 10.6 Å². The molecule has 2 aromatic rings. The van der Waals surface area contributed by atoms with Gasteiger partial charge in [-0.05, 0) is 62.7 Å². The van der Waals surface area contributed by atoms with Crippen molar-refractivity contribution in [3.8, 4) is 5.75 Å². The Kier molecular flexibility index (Phi) is 7.85. The molecule has 0 spiro atoms. The van der Waals surface area contributed by atoms with Crippen molar-refractivity contribution in [2.45, 2.75) is 49.6 Å². The van der Waals surface area contributed by atoms with Crippen LogP contribution in [0.5, 0.6) is 5.75 Å². The number of ether oxygens (including phenoxy) is 2. The zero-order chi connectivity index (χ0) is 26.2. The maximum Gasteiger partial charge on any atom is 0.573 e. The number of alkyl halides is 3. The van der Waals surface area contributed by atoms with Gasteiger partial charge in [-0.1, -0.05) is 29.3 Å². The molecule has 35 heavy (non-hydrogen) atoms. The van der Waals surface area contributed by atoms with Crippen LogP contribution in [0.2, 0.25) is 10.0 Å². The Bertz CT molecular complexity index is 1190. The molecule has 2 aromatic carbocycles. The molecular weight excluding hydrogens is 532 g/mol. The molecule has 0 aromatic heterocycles. The van der Waals surface area contributed by atoms with E-state index in [-0.39, 0.29) is 23.0 Å². The number of benzene rings is 2. The van der Waals surface area contributed by atoms with Gasteiger partial charge >= 0.3 is 12.5 Å². The van der Waals surface area contributed by atoms with E-state index in [0.717, 1.165) is 24.3 Å². The van der Waals surface area contributed by atoms with Gasteiger partial charge in [-0.2, -0.15) is 0 Å². The molecule has 1 N–H and O–H groups in total. The first-order valence-electron chi connectivity index (χ1n) is 10.3. The normalized spacial score (nSPS) is 19.0. The molecule has 3 rings (SSSR count). The molecule has 7 nitrogen and oxygen atoms in total. The fourth-order valence-electron chi connectivity index (χ4n) is 3.57. The van der Waals surface area contributed by atoms with Crippen LogP contribution in [0.3, 0.4) is 0 Å². The lowest BCUT2D eigenvalue weighted by Crippen LogP contribution is -2.41. The van der Waals surface area contributed by atoms with E-state index in [2.05, 4.69) is 9.46 Å². The predicted octanol–water partition coefficient (Wildman–Crippen LogP) is 5.57. The average molecular weight is 555 g/mol. The van der Waals surface area contributed by atoms with E-state index in [1.807, 2.05) is 0 Å². The molecule has 0 bridgehead atoms. The number of halogens is 5. The van der Waals surface area contributed by atoms with Crippen molar-refractivity contribution < 1.29 is 35.9 Å². The first kappa shape index (κ1) is 27.4. The fourth-order valence-corrected chi connectivity index (χ4v) is 5.14. The largest absolute Gasteiger partial charge is 0.573 e. The number of carbonyl (C=O) groups excluding carboxylic acids is 1. The molecule has 0 saturated carbocycles. The summed E-state index contributed by atoms with van der Waals surface area (Å²) in [7, 11) is -4.17. The van der Waals surface area contributed by atoms with Crippen molar-refractivity contribution in [2.75, 3.05) is 13.1 Å². The number of rotatable bonds is 5. The Balaban J connectivity index is 1.86. The third-order valence-electron chi connectivity index (χ3n) is 5.02. The molecule has 1 aliphatic rings. The van der Waals surface area contributed by atoms with Gasteiger partial charge in [-0.25, -0.2) is 17.9 Å². The minimum atomic E-state index is -4.90. The molecule has 1 saturated heterocycles. The zero-order valence-corrected chi connectivity index (χ0v) is 21.2. The SMILES string of the molecule is CC(C)(C)OC(=O)N1CC(NS(=O)(=O)c2ccc(OC(F)(F)F)cc2)C(c2ccc(Cl)c(Cl)c2)C1. The molecule has 2 atom stereocenters. The number of hydrogen-bond acceptors (Lipinski definition) is 5. The van der Waals surface area contributed by atoms with Crippen molar-refractivity contribution in [2.24, 2.45) is 0 Å². The zero-order valence-electron chi connectivity index (χ0n) is 18.9. The van der Waals surface area contributed by atoms with Crippen LogP contribution >= 0.6 is 23.2 Å². The van der Waals surface area contributed by atoms with E-state index < -0.39 is 45.8 Å². The fraction of sp³-hybridized carbons (Fsp3) is 0.409. The highest BCUT2D eigenvalue weighted by Gasteiger charge is 2.40. The molecule has 0 radical (unpaired) electrons. The van der Waals surface area contributed by atoms with E-state index in [1.54, 1.807) is 39.0 Å². The Morgan fingerprint density at radius 2 is 1.66 bits per heavy atom. The van der Waals surface area contributed by atoms with Gasteiger partial charge in [0.1, 0.15) is 11.4 Å². The molecule has 2 unspecified atom stereocenters. The summed E-state index contributed by atoms with van der Waals surface area (Å²) < 4.78 is 75.0. The highest BCUT2D eigenvalue weighted by molar-refractivity contribution is 7.89. The summed E-state index contributed by atoms with van der Waals surface area (Å²) in [5, 5.41) is 0.581. The second-order valence-corrected chi connectivity index (χ2v) is 11.4. The molecule has 1 fully saturated rings. The molecule has 13 heteroatoms. The quantitative estimate of drug-likeness (QED) is 0.522. The second kappa shape index (κ2) is 10.0. The summed E-state index contributed by atoms with van der Waals surface area (Å²) in [4.78, 5) is 13.8. The molecule has 192 valence electrons. The van der Waals surface area contributed by atoms with Gasteiger partial charge in [0.2, 0.25) is 10.0 Å². The lowest BCUT2D eigenvalue weighted by Gasteiger charge is -2.24. The summed E-state index contributed by atoms with van der Waals surface area (Å²) in [6.45, 7) is 5.27. The van der Waals surface area contributed by atoms with Crippen molar-refractivity contribution in [1.82, 2.24) is 9.62 Å². The van der Waals surface area contributed by atoms with Crippen LogP contribution < -0.4 is 9.46 Å². The summed E-state index contributed by atoms with van der Waals surface area (Å²) in [6.07, 6.45) is -5.52. The summed E-state index contributed by atoms with van der Waals surface area (Å²) in [5.74, 6) is -1.05. The molecule has 1 heterocycles. The Labute approximate surface area is 211 Å². The van der Waals surface area contributed by atoms with Crippen molar-refractivity contribution in [3.63, 3.8) is 0 Å². The van der Waals surface area contributed by atoms with E-state index in [4.69, 9.17) is 27.9 Å². The van der Waals surface area contributed by atoms with Crippen LogP contribution in [0.4, 0.5) is 18.0 Å². The van der Waals surface area contributed by atoms with Gasteiger partial charge in [0.15, 0.2) is 0 Å². The van der Waals surface area contributed by atoms with Gasteiger partial charge in [-0.3, -0.25) is 0 Å². The Morgan fingerprint density at radius 1 is 1.03 bits per heavy atom. The van der Waals surface area contributed by atoms with Crippen LogP contribution in [-0.2, 0) is 14.8 Å². The number of hydrogen-bond donors (Lipinski definition) is 1. The van der Waals surface area contributed by atoms with Gasteiger partial charge in [-0.15, -0.1) is 13.2 Å². The van der Waals surface area contributed by atoms with E-state index >= 15 is 0 Å². The predicted molar refractivity (Wildman–Crippen MR) is 124 cm³/mol. The molecule has 0 aliphatic carbocycles. The van der Waals surface area contributed by atoms with Crippen molar-refractivity contribution >= 4 is 39.3 Å². The lowest BCUT2D eigenvalue weighted by molar-refractivity contribution is -0.274. The van der Waals surface area contributed by atoms with E-state index in [9.17, 15) is 26.4 Å². The Hall–Kier alpha value is -2.21. The minimum Gasteiger partial charge on any atom is -0.444 e. The lowest BCUT2D eigenvalue weighted by atomic mass is 9.95. The topological polar surface area (TPSA) is 84.9 Å². The van der Waals surface area contributed by atoms with Crippen molar-refractivity contribution in [1.29, 1.82) is 0 Å². The monoisotopic (exact) mass is 554 g/mol. The van der Waals surface area contributed by atoms with Crippen LogP contribution in [0.1, 0.15) is 32.3 Å². The van der Waals surface area contributed by atoms with Crippen LogP contribution in [-0.4, -0.2) is 50.5 Å². The third kappa shape index (κ3) is 7.39. The molecular formula is C22H23Cl2F3N2O5S. The van der Waals surface area contributed by atoms with Gasteiger partial charge in [0.25, 0.3) is 0 Å². The maximum atomic E-state index is 13.0. The van der Waals surface area contributed by atoms with Gasteiger partial charge in [0.05, 0.1) is 14.9 Å². The van der Waals surface area contributed by atoms with Crippen LogP contribution in [0.25, 0.3) is 0 Å². The number of likely N-dealkylation sites (tertiary alicyclic amines) is 1. The number of amides is 1. The second-order valence-electron chi connectivity index (χ2n) is 8.91. The number of nitrogens with one attached hydrogen (secondary N) is 1. The van der Waals surface area contributed by atoms with E-state index in [1.165, 1.54) is 4.90 Å². The minimum absolute atomic E-state index is 0.00563. The number of sulfonamides is 1. The Morgan fingerprint density at radius 3 is 2.20 bits per heavy atom. The van der Waals surface area contributed by atoms with Crippen LogP contribution in [0.15, 0.2) is 47.4 Å². The summed E-state index contributed by atoms with van der Waals surface area (Å²) in [6, 6.07) is 7.87. The smallest absolute Gasteiger partial charge is 0.444 e. The maximum absolute atomic E-state index is 13.0. The summed E-state index contributed by atoms with van der Waals surface area (Å²) >= 11 is 12.2. The highest BCUT2D eigenvalue weighted by atomic mass is 35.5. The number of carbonyl (C=O) groups is 1. The van der Waals surface area contributed by atoms with Gasteiger partial charge in [0, 0.05) is 25.0 Å². The third-order valence-corrected chi connectivity index (χ3v) is 7.26. The standard InChI is InChI=1S/C22H23Cl2F3N2O5S/c1-21(2,3)34-20(30)29-11-16(13-4-9-17(23)18(24)10-13)19(12-29)28-35(31,32)15-7-5-14(6-8-15)33-22(25,26)27/h4-10,16,19,28H,11-12H2,1-3H3. The molecule has 1 aliphatic heterocycles. The first-order valence-corrected chi connectivity index (χ1v) is 12.6.